The molecule has 0 bridgehead atoms. The summed E-state index contributed by atoms with van der Waals surface area (Å²) < 4.78 is 57.8. The average molecular weight is 361 g/mol. The fourth-order valence-corrected chi connectivity index (χ4v) is 2.38. The highest BCUT2D eigenvalue weighted by Crippen LogP contribution is 2.31. The molecule has 0 heterocycles. The standard InChI is InChI=1S/C20H15F4NO/c21-19-10-9-15(20(22,23)24)11-14(19)13-25-16-5-4-8-18(12-16)26-17-6-2-1-3-7-17/h1-12,25H,13H2. The zero-order valence-electron chi connectivity index (χ0n) is 13.6. The van der Waals surface area contributed by atoms with Crippen LogP contribution < -0.4 is 10.1 Å². The monoisotopic (exact) mass is 361 g/mol. The van der Waals surface area contributed by atoms with Crippen LogP contribution in [0.15, 0.2) is 72.8 Å². The van der Waals surface area contributed by atoms with E-state index in [0.29, 0.717) is 17.2 Å². The Bertz CT molecular complexity index is 878. The predicted octanol–water partition coefficient (Wildman–Crippen LogP) is 6.25. The Labute approximate surface area is 148 Å². The van der Waals surface area contributed by atoms with Crippen LogP contribution in [-0.4, -0.2) is 0 Å². The number of benzene rings is 3. The van der Waals surface area contributed by atoms with Crippen molar-refractivity contribution in [1.29, 1.82) is 0 Å². The molecular formula is C20H15F4NO. The van der Waals surface area contributed by atoms with E-state index in [2.05, 4.69) is 5.32 Å². The van der Waals surface area contributed by atoms with Gasteiger partial charge >= 0.3 is 6.18 Å². The maximum atomic E-state index is 13.8. The molecule has 0 aromatic heterocycles. The number of alkyl halides is 3. The lowest BCUT2D eigenvalue weighted by Gasteiger charge is -2.12. The minimum atomic E-state index is -4.51. The van der Waals surface area contributed by atoms with Crippen LogP contribution >= 0.6 is 0 Å². The molecular weight excluding hydrogens is 346 g/mol. The van der Waals surface area contributed by atoms with Gasteiger partial charge in [-0.1, -0.05) is 24.3 Å². The highest BCUT2D eigenvalue weighted by atomic mass is 19.4. The van der Waals surface area contributed by atoms with Crippen LogP contribution in [0.4, 0.5) is 23.2 Å². The molecule has 0 spiro atoms. The van der Waals surface area contributed by atoms with Crippen molar-refractivity contribution < 1.29 is 22.3 Å². The van der Waals surface area contributed by atoms with Crippen LogP contribution in [0.25, 0.3) is 0 Å². The molecule has 0 saturated heterocycles. The molecule has 0 fully saturated rings. The van der Waals surface area contributed by atoms with Crippen molar-refractivity contribution in [3.05, 3.63) is 89.7 Å². The lowest BCUT2D eigenvalue weighted by molar-refractivity contribution is -0.137. The van der Waals surface area contributed by atoms with Gasteiger partial charge in [-0.3, -0.25) is 0 Å². The smallest absolute Gasteiger partial charge is 0.416 e. The number of nitrogens with one attached hydrogen (secondary N) is 1. The summed E-state index contributed by atoms with van der Waals surface area (Å²) in [5, 5.41) is 2.92. The van der Waals surface area contributed by atoms with E-state index in [1.165, 1.54) is 0 Å². The van der Waals surface area contributed by atoms with E-state index >= 15 is 0 Å². The Morgan fingerprint density at radius 1 is 0.808 bits per heavy atom. The highest BCUT2D eigenvalue weighted by Gasteiger charge is 2.31. The quantitative estimate of drug-likeness (QED) is 0.543. The van der Waals surface area contributed by atoms with Crippen molar-refractivity contribution in [3.8, 4) is 11.5 Å². The second kappa shape index (κ2) is 7.47. The second-order valence-corrected chi connectivity index (χ2v) is 5.60. The molecule has 0 atom stereocenters. The average Bonchev–Trinajstić information content (AvgIpc) is 2.61. The number of rotatable bonds is 5. The van der Waals surface area contributed by atoms with E-state index in [1.807, 2.05) is 18.2 Å². The Morgan fingerprint density at radius 2 is 1.54 bits per heavy atom. The summed E-state index contributed by atoms with van der Waals surface area (Å²) in [4.78, 5) is 0. The Hall–Kier alpha value is -3.02. The van der Waals surface area contributed by atoms with Crippen molar-refractivity contribution in [2.75, 3.05) is 5.32 Å². The lowest BCUT2D eigenvalue weighted by atomic mass is 10.1. The molecule has 0 amide bonds. The molecule has 0 aliphatic heterocycles. The van der Waals surface area contributed by atoms with E-state index in [1.54, 1.807) is 36.4 Å². The first-order valence-electron chi connectivity index (χ1n) is 7.84. The van der Waals surface area contributed by atoms with E-state index < -0.39 is 17.6 Å². The molecule has 3 aromatic rings. The normalized spacial score (nSPS) is 11.2. The predicted molar refractivity (Wildman–Crippen MR) is 91.7 cm³/mol. The number of hydrogen-bond donors (Lipinski definition) is 1. The van der Waals surface area contributed by atoms with Gasteiger partial charge in [0.15, 0.2) is 0 Å². The minimum absolute atomic E-state index is 0.0609. The zero-order chi connectivity index (χ0) is 18.6. The van der Waals surface area contributed by atoms with Crippen LogP contribution in [0.3, 0.4) is 0 Å². The molecule has 2 nitrogen and oxygen atoms in total. The second-order valence-electron chi connectivity index (χ2n) is 5.60. The molecule has 1 N–H and O–H groups in total. The van der Waals surface area contributed by atoms with Crippen molar-refractivity contribution >= 4 is 5.69 Å². The molecule has 0 radical (unpaired) electrons. The minimum Gasteiger partial charge on any atom is -0.457 e. The summed E-state index contributed by atoms with van der Waals surface area (Å²) in [6.45, 7) is -0.0788. The van der Waals surface area contributed by atoms with Gasteiger partial charge in [-0.15, -0.1) is 0 Å². The van der Waals surface area contributed by atoms with Gasteiger partial charge in [0, 0.05) is 23.9 Å². The highest BCUT2D eigenvalue weighted by molar-refractivity contribution is 5.49. The number of halogens is 4. The molecule has 0 aliphatic rings. The first-order valence-corrected chi connectivity index (χ1v) is 7.84. The fraction of sp³-hybridized carbons (Fsp3) is 0.100. The van der Waals surface area contributed by atoms with Crippen molar-refractivity contribution in [2.24, 2.45) is 0 Å². The van der Waals surface area contributed by atoms with Crippen LogP contribution in [0.5, 0.6) is 11.5 Å². The Morgan fingerprint density at radius 3 is 2.27 bits per heavy atom. The van der Waals surface area contributed by atoms with Gasteiger partial charge in [0.1, 0.15) is 17.3 Å². The van der Waals surface area contributed by atoms with Gasteiger partial charge < -0.3 is 10.1 Å². The van der Waals surface area contributed by atoms with Gasteiger partial charge in [-0.2, -0.15) is 13.2 Å². The summed E-state index contributed by atoms with van der Waals surface area (Å²) in [5.74, 6) is 0.529. The third kappa shape index (κ3) is 4.53. The van der Waals surface area contributed by atoms with E-state index in [9.17, 15) is 17.6 Å². The summed E-state index contributed by atoms with van der Waals surface area (Å²) in [7, 11) is 0. The molecule has 3 aromatic carbocycles. The molecule has 3 rings (SSSR count). The molecule has 0 unspecified atom stereocenters. The van der Waals surface area contributed by atoms with Crippen LogP contribution in [0.2, 0.25) is 0 Å². The topological polar surface area (TPSA) is 21.3 Å². The molecule has 0 aliphatic carbocycles. The van der Waals surface area contributed by atoms with E-state index in [4.69, 9.17) is 4.74 Å². The van der Waals surface area contributed by atoms with Crippen molar-refractivity contribution in [3.63, 3.8) is 0 Å². The van der Waals surface area contributed by atoms with Crippen LogP contribution in [0, 0.1) is 5.82 Å². The van der Waals surface area contributed by atoms with Gasteiger partial charge in [-0.25, -0.2) is 4.39 Å². The maximum absolute atomic E-state index is 13.8. The largest absolute Gasteiger partial charge is 0.457 e. The Balaban J connectivity index is 1.71. The van der Waals surface area contributed by atoms with Gasteiger partial charge in [0.2, 0.25) is 0 Å². The van der Waals surface area contributed by atoms with Crippen molar-refractivity contribution in [2.45, 2.75) is 12.7 Å². The zero-order valence-corrected chi connectivity index (χ0v) is 13.6. The van der Waals surface area contributed by atoms with Crippen LogP contribution in [-0.2, 0) is 12.7 Å². The first kappa shape index (κ1) is 17.8. The molecule has 0 saturated carbocycles. The molecule has 26 heavy (non-hydrogen) atoms. The molecule has 6 heteroatoms. The maximum Gasteiger partial charge on any atom is 0.416 e. The summed E-state index contributed by atoms with van der Waals surface area (Å²) in [5.41, 5.74) is -0.332. The third-order valence-corrected chi connectivity index (χ3v) is 3.67. The lowest BCUT2D eigenvalue weighted by Crippen LogP contribution is -2.08. The number of para-hydroxylation sites is 1. The fourth-order valence-electron chi connectivity index (χ4n) is 2.38. The SMILES string of the molecule is Fc1ccc(C(F)(F)F)cc1CNc1cccc(Oc2ccccc2)c1. The van der Waals surface area contributed by atoms with Crippen molar-refractivity contribution in [1.82, 2.24) is 0 Å². The van der Waals surface area contributed by atoms with Gasteiger partial charge in [-0.05, 0) is 42.5 Å². The summed E-state index contributed by atoms with van der Waals surface area (Å²) in [6, 6.07) is 18.4. The first-order chi connectivity index (χ1) is 12.4. The van der Waals surface area contributed by atoms with Gasteiger partial charge in [0.25, 0.3) is 0 Å². The van der Waals surface area contributed by atoms with E-state index in [0.717, 1.165) is 18.2 Å². The Kier molecular flexibility index (Phi) is 5.11. The number of anilines is 1. The van der Waals surface area contributed by atoms with Crippen LogP contribution in [0.1, 0.15) is 11.1 Å². The third-order valence-electron chi connectivity index (χ3n) is 3.67. The number of hydrogen-bond acceptors (Lipinski definition) is 2. The summed E-state index contributed by atoms with van der Waals surface area (Å²) >= 11 is 0. The molecule has 134 valence electrons. The summed E-state index contributed by atoms with van der Waals surface area (Å²) in [6.07, 6.45) is -4.51. The van der Waals surface area contributed by atoms with Gasteiger partial charge in [0.05, 0.1) is 5.56 Å². The van der Waals surface area contributed by atoms with E-state index in [-0.39, 0.29) is 12.1 Å². The number of ether oxygens (including phenoxy) is 1.